The Kier molecular flexibility index (Phi) is 4.11. The number of aliphatic imine (C=N–C) groups is 2. The molecule has 0 N–H and O–H groups in total. The van der Waals surface area contributed by atoms with Crippen LogP contribution >= 0.6 is 0 Å². The highest BCUT2D eigenvalue weighted by Crippen LogP contribution is 2.31. The number of hydrogen-bond donors (Lipinski definition) is 0. The molecule has 1 fully saturated rings. The van der Waals surface area contributed by atoms with Crippen LogP contribution in [-0.4, -0.2) is 24.9 Å². The summed E-state index contributed by atoms with van der Waals surface area (Å²) in [6, 6.07) is 0.374. The molecule has 1 atom stereocenters. The number of nitrogens with zero attached hydrogens (tertiary/aromatic N) is 2. The summed E-state index contributed by atoms with van der Waals surface area (Å²) >= 11 is 0. The van der Waals surface area contributed by atoms with Gasteiger partial charge in [0.05, 0.1) is 7.11 Å². The first kappa shape index (κ1) is 11.2. The van der Waals surface area contributed by atoms with Crippen molar-refractivity contribution in [3.8, 4) is 0 Å². The smallest absolute Gasteiger partial charge is 0.186 e. The second-order valence-electron chi connectivity index (χ2n) is 3.85. The lowest BCUT2D eigenvalue weighted by atomic mass is 10.2. The molecule has 0 heterocycles. The van der Waals surface area contributed by atoms with Crippen LogP contribution in [-0.2, 0) is 4.74 Å². The van der Waals surface area contributed by atoms with E-state index in [1.807, 2.05) is 6.92 Å². The van der Waals surface area contributed by atoms with E-state index in [1.54, 1.807) is 7.11 Å². The Morgan fingerprint density at radius 3 is 2.57 bits per heavy atom. The molecular weight excluding hydrogens is 176 g/mol. The van der Waals surface area contributed by atoms with Crippen molar-refractivity contribution < 1.29 is 4.74 Å². The minimum Gasteiger partial charge on any atom is -0.484 e. The van der Waals surface area contributed by atoms with Gasteiger partial charge in [0.2, 0.25) is 0 Å². The summed E-state index contributed by atoms with van der Waals surface area (Å²) in [4.78, 5) is 8.98. The highest BCUT2D eigenvalue weighted by atomic mass is 16.5. The molecule has 1 aliphatic carbocycles. The average Bonchev–Trinajstić information content (AvgIpc) is 2.99. The second kappa shape index (κ2) is 5.13. The van der Waals surface area contributed by atoms with Gasteiger partial charge in [0.25, 0.3) is 0 Å². The maximum atomic E-state index is 5.04. The number of methoxy groups -OCH3 is 1. The highest BCUT2D eigenvalue weighted by molar-refractivity contribution is 5.96. The van der Waals surface area contributed by atoms with Gasteiger partial charge in [0.15, 0.2) is 5.90 Å². The standard InChI is InChI=1S/C11H20N2O/c1-5-8(2)12-11(10-6-7-10)13-9(3)14-4/h8,10H,5-7H2,1-4H3. The van der Waals surface area contributed by atoms with Crippen LogP contribution in [0.3, 0.4) is 0 Å². The van der Waals surface area contributed by atoms with Crippen molar-refractivity contribution >= 4 is 11.7 Å². The SMILES string of the molecule is CCC(C)N=C(N=C(C)OC)C1CC1. The van der Waals surface area contributed by atoms with Crippen LogP contribution in [0.4, 0.5) is 0 Å². The zero-order chi connectivity index (χ0) is 10.6. The summed E-state index contributed by atoms with van der Waals surface area (Å²) in [5, 5.41) is 0. The molecule has 0 bridgehead atoms. The van der Waals surface area contributed by atoms with Gasteiger partial charge in [-0.3, -0.25) is 4.99 Å². The molecule has 0 spiro atoms. The Labute approximate surface area is 86.3 Å². The molecule has 80 valence electrons. The molecule has 0 aromatic heterocycles. The van der Waals surface area contributed by atoms with Crippen LogP contribution in [0.15, 0.2) is 9.98 Å². The van der Waals surface area contributed by atoms with Crippen molar-refractivity contribution in [3.63, 3.8) is 0 Å². The van der Waals surface area contributed by atoms with Crippen LogP contribution in [0.1, 0.15) is 40.0 Å². The summed E-state index contributed by atoms with van der Waals surface area (Å²) in [5.74, 6) is 2.28. The molecule has 0 aromatic rings. The number of rotatable bonds is 3. The Balaban J connectivity index is 2.68. The molecule has 3 nitrogen and oxygen atoms in total. The van der Waals surface area contributed by atoms with Gasteiger partial charge in [-0.25, -0.2) is 4.99 Å². The van der Waals surface area contributed by atoms with E-state index in [1.165, 1.54) is 12.8 Å². The lowest BCUT2D eigenvalue weighted by Crippen LogP contribution is -2.08. The fraction of sp³-hybridized carbons (Fsp3) is 0.818. The molecular formula is C11H20N2O. The predicted octanol–water partition coefficient (Wildman–Crippen LogP) is 2.66. The van der Waals surface area contributed by atoms with Crippen LogP contribution < -0.4 is 0 Å². The summed E-state index contributed by atoms with van der Waals surface area (Å²) in [6.45, 7) is 6.14. The molecule has 0 aromatic carbocycles. The first-order valence-corrected chi connectivity index (χ1v) is 5.34. The minimum absolute atomic E-state index is 0.374. The topological polar surface area (TPSA) is 34.0 Å². The Morgan fingerprint density at radius 1 is 1.50 bits per heavy atom. The molecule has 1 rings (SSSR count). The lowest BCUT2D eigenvalue weighted by Gasteiger charge is -2.05. The molecule has 0 radical (unpaired) electrons. The zero-order valence-electron chi connectivity index (χ0n) is 9.58. The first-order chi connectivity index (χ1) is 6.67. The van der Waals surface area contributed by atoms with Gasteiger partial charge < -0.3 is 4.74 Å². The number of ether oxygens (including phenoxy) is 1. The third kappa shape index (κ3) is 3.48. The Bertz CT molecular complexity index is 242. The van der Waals surface area contributed by atoms with E-state index in [0.29, 0.717) is 17.9 Å². The van der Waals surface area contributed by atoms with Gasteiger partial charge in [0, 0.05) is 18.9 Å². The zero-order valence-corrected chi connectivity index (χ0v) is 9.58. The van der Waals surface area contributed by atoms with Crippen LogP contribution in [0.25, 0.3) is 0 Å². The summed E-state index contributed by atoms with van der Waals surface area (Å²) in [7, 11) is 1.65. The molecule has 3 heteroatoms. The molecule has 1 aliphatic rings. The van der Waals surface area contributed by atoms with E-state index in [9.17, 15) is 0 Å². The van der Waals surface area contributed by atoms with E-state index in [2.05, 4.69) is 23.8 Å². The van der Waals surface area contributed by atoms with Gasteiger partial charge in [-0.2, -0.15) is 0 Å². The van der Waals surface area contributed by atoms with Crippen molar-refractivity contribution in [1.82, 2.24) is 0 Å². The fourth-order valence-corrected chi connectivity index (χ4v) is 1.09. The van der Waals surface area contributed by atoms with Gasteiger partial charge in [-0.15, -0.1) is 0 Å². The third-order valence-electron chi connectivity index (χ3n) is 2.45. The van der Waals surface area contributed by atoms with Crippen molar-refractivity contribution in [2.75, 3.05) is 7.11 Å². The molecule has 0 aliphatic heterocycles. The largest absolute Gasteiger partial charge is 0.484 e. The first-order valence-electron chi connectivity index (χ1n) is 5.34. The third-order valence-corrected chi connectivity index (χ3v) is 2.45. The van der Waals surface area contributed by atoms with Crippen molar-refractivity contribution in [1.29, 1.82) is 0 Å². The summed E-state index contributed by atoms with van der Waals surface area (Å²) in [6.07, 6.45) is 3.53. The fourth-order valence-electron chi connectivity index (χ4n) is 1.09. The molecule has 1 saturated carbocycles. The minimum atomic E-state index is 0.374. The average molecular weight is 196 g/mol. The quantitative estimate of drug-likeness (QED) is 0.504. The van der Waals surface area contributed by atoms with Crippen molar-refractivity contribution in [2.24, 2.45) is 15.9 Å². The maximum Gasteiger partial charge on any atom is 0.186 e. The molecule has 14 heavy (non-hydrogen) atoms. The molecule has 1 unspecified atom stereocenters. The highest BCUT2D eigenvalue weighted by Gasteiger charge is 2.28. The van der Waals surface area contributed by atoms with Gasteiger partial charge in [-0.1, -0.05) is 6.92 Å². The van der Waals surface area contributed by atoms with Gasteiger partial charge in [-0.05, 0) is 26.2 Å². The van der Waals surface area contributed by atoms with Crippen molar-refractivity contribution in [2.45, 2.75) is 46.1 Å². The Hall–Kier alpha value is -0.860. The van der Waals surface area contributed by atoms with E-state index >= 15 is 0 Å². The second-order valence-corrected chi connectivity index (χ2v) is 3.85. The predicted molar refractivity (Wildman–Crippen MR) is 60.0 cm³/mol. The molecule has 0 saturated heterocycles. The molecule has 0 amide bonds. The number of hydrogen-bond acceptors (Lipinski definition) is 2. The summed E-state index contributed by atoms with van der Waals surface area (Å²) in [5.41, 5.74) is 0. The normalized spacial score (nSPS) is 20.9. The van der Waals surface area contributed by atoms with E-state index in [-0.39, 0.29) is 0 Å². The van der Waals surface area contributed by atoms with E-state index in [0.717, 1.165) is 12.3 Å². The summed E-state index contributed by atoms with van der Waals surface area (Å²) < 4.78 is 5.04. The number of amidine groups is 1. The van der Waals surface area contributed by atoms with Crippen LogP contribution in [0, 0.1) is 5.92 Å². The van der Waals surface area contributed by atoms with Crippen LogP contribution in [0.2, 0.25) is 0 Å². The Morgan fingerprint density at radius 2 is 2.14 bits per heavy atom. The lowest BCUT2D eigenvalue weighted by molar-refractivity contribution is 0.400. The van der Waals surface area contributed by atoms with Gasteiger partial charge >= 0.3 is 0 Å². The maximum absolute atomic E-state index is 5.04. The van der Waals surface area contributed by atoms with E-state index < -0.39 is 0 Å². The van der Waals surface area contributed by atoms with Gasteiger partial charge in [0.1, 0.15) is 5.84 Å². The monoisotopic (exact) mass is 196 g/mol. The van der Waals surface area contributed by atoms with Crippen molar-refractivity contribution in [3.05, 3.63) is 0 Å². The van der Waals surface area contributed by atoms with Crippen LogP contribution in [0.5, 0.6) is 0 Å². The van der Waals surface area contributed by atoms with E-state index in [4.69, 9.17) is 4.74 Å².